The Labute approximate surface area is 439 Å². The Bertz CT molecular complexity index is 2730. The molecular formula is C49H58O29. The minimum atomic E-state index is -2.14. The highest BCUT2D eigenvalue weighted by molar-refractivity contribution is 5.87. The number of carbonyl (C=O) groups is 1. The van der Waals surface area contributed by atoms with E-state index in [4.69, 9.17) is 51.8 Å². The molecule has 29 nitrogen and oxygen atoms in total. The first-order valence-electron chi connectivity index (χ1n) is 23.9. The highest BCUT2D eigenvalue weighted by Gasteiger charge is 2.52. The van der Waals surface area contributed by atoms with Gasteiger partial charge in [-0.05, 0) is 48.0 Å². The summed E-state index contributed by atoms with van der Waals surface area (Å²) in [5.74, 6) is -3.50. The summed E-state index contributed by atoms with van der Waals surface area (Å²) in [6.45, 7) is -3.33. The Morgan fingerprint density at radius 2 is 1.05 bits per heavy atom. The molecular weight excluding hydrogens is 1050 g/mol. The maximum atomic E-state index is 13.1. The number of benzene rings is 3. The Kier molecular flexibility index (Phi) is 18.4. The molecule has 6 aliphatic rings. The molecule has 5 heterocycles. The van der Waals surface area contributed by atoms with Gasteiger partial charge in [0.1, 0.15) is 110 Å². The van der Waals surface area contributed by atoms with Crippen molar-refractivity contribution in [2.24, 2.45) is 0 Å². The van der Waals surface area contributed by atoms with Gasteiger partial charge in [0.2, 0.25) is 18.9 Å². The molecule has 428 valence electrons. The predicted molar refractivity (Wildman–Crippen MR) is 252 cm³/mol. The van der Waals surface area contributed by atoms with Crippen molar-refractivity contribution in [3.8, 4) is 57.1 Å². The van der Waals surface area contributed by atoms with Crippen molar-refractivity contribution >= 4 is 12.0 Å². The zero-order valence-electron chi connectivity index (χ0n) is 40.7. The van der Waals surface area contributed by atoms with E-state index in [1.807, 2.05) is 0 Å². The molecule has 0 unspecified atom stereocenters. The zero-order valence-corrected chi connectivity index (χ0v) is 40.7. The van der Waals surface area contributed by atoms with Gasteiger partial charge in [0, 0.05) is 23.8 Å². The van der Waals surface area contributed by atoms with E-state index in [1.54, 1.807) is 0 Å². The molecule has 0 bridgehead atoms. The van der Waals surface area contributed by atoms with E-state index < -0.39 is 166 Å². The van der Waals surface area contributed by atoms with Crippen LogP contribution in [0.4, 0.5) is 0 Å². The number of fused-ring (bicyclic) bond motifs is 1. The molecule has 0 amide bonds. The van der Waals surface area contributed by atoms with E-state index in [2.05, 4.69) is 0 Å². The van der Waals surface area contributed by atoms with Gasteiger partial charge in [-0.2, -0.15) is 0 Å². The number of aromatic hydroxyl groups is 2. The number of aliphatic hydroxyl groups excluding tert-OH is 14. The van der Waals surface area contributed by atoms with Crippen LogP contribution in [0.2, 0.25) is 0 Å². The fourth-order valence-corrected chi connectivity index (χ4v) is 8.79. The van der Waals surface area contributed by atoms with E-state index in [1.165, 1.54) is 49.6 Å². The molecule has 2 aromatic carbocycles. The number of hydrogen-bond donors (Lipinski definition) is 16. The van der Waals surface area contributed by atoms with Crippen molar-refractivity contribution in [2.45, 2.75) is 123 Å². The fraction of sp³-hybridized carbons (Fsp3) is 0.510. The third-order valence-corrected chi connectivity index (χ3v) is 13.2. The topological polar surface area (TPSA) is 463 Å². The first kappa shape index (κ1) is 58.3. The Morgan fingerprint density at radius 3 is 1.65 bits per heavy atom. The molecule has 8 rings (SSSR count). The Hall–Kier alpha value is -5.88. The second-order valence-electron chi connectivity index (χ2n) is 18.4. The van der Waals surface area contributed by atoms with Crippen molar-refractivity contribution in [3.05, 3.63) is 76.5 Å². The van der Waals surface area contributed by atoms with Gasteiger partial charge in [0.15, 0.2) is 52.3 Å². The highest BCUT2D eigenvalue weighted by Crippen LogP contribution is 2.45. The van der Waals surface area contributed by atoms with Gasteiger partial charge in [0.05, 0.1) is 32.5 Å². The van der Waals surface area contributed by atoms with E-state index in [-0.39, 0.29) is 57.0 Å². The maximum Gasteiger partial charge on any atom is 0.330 e. The number of rotatable bonds is 17. The monoisotopic (exact) mass is 1110 g/mol. The quantitative estimate of drug-likeness (QED) is 0.0346. The van der Waals surface area contributed by atoms with E-state index >= 15 is 0 Å². The van der Waals surface area contributed by atoms with Crippen LogP contribution in [0, 0.1) is 0 Å². The van der Waals surface area contributed by atoms with Crippen molar-refractivity contribution < 1.29 is 138 Å². The Balaban J connectivity index is 1.04. The van der Waals surface area contributed by atoms with Crippen molar-refractivity contribution in [3.63, 3.8) is 0 Å². The summed E-state index contributed by atoms with van der Waals surface area (Å²) in [6.07, 6.45) is -34.6. The van der Waals surface area contributed by atoms with Crippen molar-refractivity contribution in [1.82, 2.24) is 0 Å². The number of phenols is 2. The summed E-state index contributed by atoms with van der Waals surface area (Å²) in [5.41, 5.74) is -0.567. The van der Waals surface area contributed by atoms with Gasteiger partial charge >= 0.3 is 5.97 Å². The molecule has 29 heteroatoms. The standard InChI is InChI=1S/C49H58O29/c1-68-25-9-18(4-6-21(25)54)44-27(12-20-23(70-44)10-19(53)11-24(20)71-46-41(65)37(61)33(57)28(13-50)74-46)73-49-45(40(64)35(59)30(15-52)76-49)78-48-43(67)39(63)36(60)31(77-48)16-69-32(56)7-3-17-2-5-22(55)26(8-17)72-47-42(66)38(62)34(58)29(14-51)75-47/h2-12,28-31,33-43,45-52,54-55,57-67H,13-16H2,1H3/t28-,29-,30-,31-,33-,34-,35-,36-,37+,38+,39+,40+,41-,42-,43-,45-,46-,47-,48+,49-/m1/s1. The molecule has 16 N–H and O–H groups in total. The van der Waals surface area contributed by atoms with Gasteiger partial charge in [-0.15, -0.1) is 0 Å². The van der Waals surface area contributed by atoms with Crippen LogP contribution in [-0.2, 0) is 33.2 Å². The third kappa shape index (κ3) is 12.1. The van der Waals surface area contributed by atoms with Crippen LogP contribution in [0.5, 0.6) is 34.5 Å². The van der Waals surface area contributed by atoms with Crippen LogP contribution in [0.1, 0.15) is 5.56 Å². The van der Waals surface area contributed by atoms with Crippen LogP contribution in [0.15, 0.2) is 69.9 Å². The molecule has 0 saturated carbocycles. The number of aliphatic hydroxyl groups is 14. The molecule has 0 aromatic heterocycles. The molecule has 2 aromatic rings. The number of methoxy groups -OCH3 is 1. The zero-order chi connectivity index (χ0) is 56.4. The lowest BCUT2D eigenvalue weighted by Crippen LogP contribution is -2.65. The fourth-order valence-electron chi connectivity index (χ4n) is 8.79. The second kappa shape index (κ2) is 24.6. The SMILES string of the molecule is COc1cc(-c2oc3cc(=O)cc(O[C@@H]4O[C@H](CO)[C@@H](O)[C@H](O)[C@H]4O)c-3cc2O[C@@H]2O[C@H](CO)[C@@H](O)[C@H](O)[C@H]2O[C@@H]2O[C@H](COC(=O)C=Cc3ccc(O)c(O[C@@H]4O[C@H](CO)[C@@H](O)[C@H](O)[C@H]4O)c3)[C@@H](O)[C@H](O)[C@H]2O)ccc1O. The number of ether oxygens (including phenoxy) is 10. The third-order valence-electron chi connectivity index (χ3n) is 13.2. The maximum absolute atomic E-state index is 13.1. The van der Waals surface area contributed by atoms with E-state index in [9.17, 15) is 91.3 Å². The highest BCUT2D eigenvalue weighted by atomic mass is 16.8. The molecule has 4 fully saturated rings. The summed E-state index contributed by atoms with van der Waals surface area (Å²) in [4.78, 5) is 26.1. The summed E-state index contributed by atoms with van der Waals surface area (Å²) in [5, 5.41) is 168. The summed E-state index contributed by atoms with van der Waals surface area (Å²) in [7, 11) is 1.25. The average Bonchev–Trinajstić information content (AvgIpc) is 3.45. The molecule has 20 atom stereocenters. The second-order valence-corrected chi connectivity index (χ2v) is 18.4. The number of esters is 1. The van der Waals surface area contributed by atoms with E-state index in [0.29, 0.717) is 0 Å². The van der Waals surface area contributed by atoms with Crippen LogP contribution >= 0.6 is 0 Å². The predicted octanol–water partition coefficient (Wildman–Crippen LogP) is -5.54. The molecule has 4 saturated heterocycles. The summed E-state index contributed by atoms with van der Waals surface area (Å²) in [6, 6.07) is 10.7. The van der Waals surface area contributed by atoms with Crippen LogP contribution in [0.25, 0.3) is 28.7 Å². The Morgan fingerprint density at radius 1 is 0.538 bits per heavy atom. The van der Waals surface area contributed by atoms with E-state index in [0.717, 1.165) is 24.3 Å². The smallest absolute Gasteiger partial charge is 0.330 e. The number of phenolic OH excluding ortho intramolecular Hbond substituents is 2. The lowest BCUT2D eigenvalue weighted by atomic mass is 9.97. The summed E-state index contributed by atoms with van der Waals surface area (Å²) < 4.78 is 62.8. The van der Waals surface area contributed by atoms with Crippen molar-refractivity contribution in [2.75, 3.05) is 33.5 Å². The number of carbonyl (C=O) groups excluding carboxylic acids is 1. The largest absolute Gasteiger partial charge is 0.504 e. The first-order chi connectivity index (χ1) is 37.2. The lowest BCUT2D eigenvalue weighted by Gasteiger charge is -2.46. The number of hydrogen-bond acceptors (Lipinski definition) is 29. The van der Waals surface area contributed by atoms with Gasteiger partial charge in [-0.25, -0.2) is 4.79 Å². The van der Waals surface area contributed by atoms with Crippen LogP contribution < -0.4 is 24.4 Å². The van der Waals surface area contributed by atoms with Crippen LogP contribution in [0.3, 0.4) is 0 Å². The van der Waals surface area contributed by atoms with Gasteiger partial charge in [0.25, 0.3) is 0 Å². The molecule has 78 heavy (non-hydrogen) atoms. The minimum Gasteiger partial charge on any atom is -0.504 e. The molecule has 1 aliphatic carbocycles. The van der Waals surface area contributed by atoms with Crippen molar-refractivity contribution in [1.29, 1.82) is 0 Å². The van der Waals surface area contributed by atoms with Gasteiger partial charge in [-0.3, -0.25) is 4.79 Å². The van der Waals surface area contributed by atoms with Gasteiger partial charge < -0.3 is 133 Å². The molecule has 5 aliphatic heterocycles. The summed E-state index contributed by atoms with van der Waals surface area (Å²) >= 11 is 0. The molecule has 0 spiro atoms. The van der Waals surface area contributed by atoms with Gasteiger partial charge in [-0.1, -0.05) is 6.07 Å². The minimum absolute atomic E-state index is 0.0819. The lowest BCUT2D eigenvalue weighted by molar-refractivity contribution is -0.358. The average molecular weight is 1110 g/mol. The normalized spacial score (nSPS) is 35.3. The van der Waals surface area contributed by atoms with Crippen LogP contribution in [-0.4, -0.2) is 244 Å². The first-order valence-corrected chi connectivity index (χ1v) is 23.9. The molecule has 0 radical (unpaired) electrons.